The number of hydrogen-bond acceptors (Lipinski definition) is 8. The molecule has 1 fully saturated rings. The number of nitrogens with one attached hydrogen (secondary N) is 2. The zero-order valence-corrected chi connectivity index (χ0v) is 19.8. The summed E-state index contributed by atoms with van der Waals surface area (Å²) in [6.45, 7) is 1.99. The van der Waals surface area contributed by atoms with Crippen molar-refractivity contribution in [1.29, 1.82) is 0 Å². The Kier molecular flexibility index (Phi) is 6.28. The third kappa shape index (κ3) is 4.92. The van der Waals surface area contributed by atoms with E-state index in [0.29, 0.717) is 28.7 Å². The molecule has 10 nitrogen and oxygen atoms in total. The predicted octanol–water partition coefficient (Wildman–Crippen LogP) is 3.53. The molecule has 4 aromatic heterocycles. The van der Waals surface area contributed by atoms with Crippen LogP contribution >= 0.6 is 0 Å². The Bertz CT molecular complexity index is 1310. The number of carbonyl (C=O) groups excluding carboxylic acids is 1. The number of aromatic nitrogens is 5. The summed E-state index contributed by atoms with van der Waals surface area (Å²) in [7, 11) is 1.72. The zero-order valence-electron chi connectivity index (χ0n) is 19.8. The molecule has 35 heavy (non-hydrogen) atoms. The number of hydrogen-bond donors (Lipinski definition) is 3. The summed E-state index contributed by atoms with van der Waals surface area (Å²) in [6.07, 6.45) is 10.6. The summed E-state index contributed by atoms with van der Waals surface area (Å²) in [5, 5.41) is 11.6. The van der Waals surface area contributed by atoms with E-state index in [-0.39, 0.29) is 18.0 Å². The highest BCUT2D eigenvalue weighted by Gasteiger charge is 2.23. The van der Waals surface area contributed by atoms with Gasteiger partial charge in [0.05, 0.1) is 11.9 Å². The van der Waals surface area contributed by atoms with Crippen molar-refractivity contribution in [3.8, 4) is 0 Å². The number of carbonyl (C=O) groups is 1. The SMILES string of the molecule is Cc1ccc(Nc2cc(NC3CCC(N)CC3)nn3c(C(=O)N(C)c4ccncc4)cnc23)nc1. The van der Waals surface area contributed by atoms with E-state index < -0.39 is 0 Å². The van der Waals surface area contributed by atoms with E-state index in [1.165, 1.54) is 0 Å². The molecule has 10 heteroatoms. The van der Waals surface area contributed by atoms with Crippen LogP contribution in [0.4, 0.5) is 23.0 Å². The van der Waals surface area contributed by atoms with Gasteiger partial charge < -0.3 is 21.3 Å². The third-order valence-corrected chi connectivity index (χ3v) is 6.34. The van der Waals surface area contributed by atoms with Gasteiger partial charge in [-0.25, -0.2) is 14.5 Å². The fourth-order valence-electron chi connectivity index (χ4n) is 4.29. The summed E-state index contributed by atoms with van der Waals surface area (Å²) in [4.78, 5) is 28.0. The van der Waals surface area contributed by atoms with E-state index in [9.17, 15) is 4.79 Å². The van der Waals surface area contributed by atoms with Gasteiger partial charge in [-0.3, -0.25) is 9.78 Å². The van der Waals surface area contributed by atoms with Crippen molar-refractivity contribution in [1.82, 2.24) is 24.6 Å². The van der Waals surface area contributed by atoms with Gasteiger partial charge in [-0.1, -0.05) is 6.07 Å². The molecule has 0 unspecified atom stereocenters. The van der Waals surface area contributed by atoms with Crippen molar-refractivity contribution < 1.29 is 4.79 Å². The molecule has 0 saturated heterocycles. The predicted molar refractivity (Wildman–Crippen MR) is 136 cm³/mol. The molecule has 0 aromatic carbocycles. The summed E-state index contributed by atoms with van der Waals surface area (Å²) in [5.41, 5.74) is 9.48. The first-order chi connectivity index (χ1) is 17.0. The van der Waals surface area contributed by atoms with Gasteiger partial charge in [-0.05, 0) is 56.4 Å². The molecule has 5 rings (SSSR count). The summed E-state index contributed by atoms with van der Waals surface area (Å²) in [5.74, 6) is 1.12. The number of imidazole rings is 1. The first-order valence-corrected chi connectivity index (χ1v) is 11.8. The molecule has 0 radical (unpaired) electrons. The molecule has 1 aliphatic rings. The Morgan fingerprint density at radius 1 is 1.06 bits per heavy atom. The minimum Gasteiger partial charge on any atom is -0.366 e. The Hall–Kier alpha value is -4.05. The van der Waals surface area contributed by atoms with Crippen LogP contribution in [0.15, 0.2) is 55.1 Å². The molecule has 0 spiro atoms. The lowest BCUT2D eigenvalue weighted by Gasteiger charge is -2.27. The number of nitrogens with zero attached hydrogens (tertiary/aromatic N) is 6. The van der Waals surface area contributed by atoms with Crippen LogP contribution in [0.25, 0.3) is 5.65 Å². The average molecular weight is 472 g/mol. The topological polar surface area (TPSA) is 126 Å². The smallest absolute Gasteiger partial charge is 0.278 e. The fraction of sp³-hybridized carbons (Fsp3) is 0.320. The first-order valence-electron chi connectivity index (χ1n) is 11.8. The van der Waals surface area contributed by atoms with Gasteiger partial charge >= 0.3 is 0 Å². The number of pyridine rings is 2. The van der Waals surface area contributed by atoms with Gasteiger partial charge in [0.25, 0.3) is 5.91 Å². The van der Waals surface area contributed by atoms with Crippen LogP contribution < -0.4 is 21.3 Å². The van der Waals surface area contributed by atoms with Gasteiger partial charge in [-0.15, -0.1) is 5.10 Å². The van der Waals surface area contributed by atoms with E-state index >= 15 is 0 Å². The number of amides is 1. The second kappa shape index (κ2) is 9.67. The van der Waals surface area contributed by atoms with Crippen molar-refractivity contribution in [2.45, 2.75) is 44.7 Å². The van der Waals surface area contributed by atoms with E-state index in [1.807, 2.05) is 25.1 Å². The minimum atomic E-state index is -0.226. The van der Waals surface area contributed by atoms with Crippen LogP contribution in [-0.2, 0) is 0 Å². The normalized spacial score (nSPS) is 17.8. The van der Waals surface area contributed by atoms with Gasteiger partial charge in [0.1, 0.15) is 11.6 Å². The van der Waals surface area contributed by atoms with Crippen LogP contribution in [0.2, 0.25) is 0 Å². The van der Waals surface area contributed by atoms with Gasteiger partial charge in [0.2, 0.25) is 0 Å². The van der Waals surface area contributed by atoms with Crippen LogP contribution in [0.5, 0.6) is 0 Å². The lowest BCUT2D eigenvalue weighted by molar-refractivity contribution is 0.0986. The molecular weight excluding hydrogens is 442 g/mol. The van der Waals surface area contributed by atoms with Gasteiger partial charge in [-0.2, -0.15) is 0 Å². The molecule has 4 heterocycles. The van der Waals surface area contributed by atoms with Crippen LogP contribution in [0.1, 0.15) is 41.7 Å². The van der Waals surface area contributed by atoms with Gasteiger partial charge in [0, 0.05) is 49.5 Å². The monoisotopic (exact) mass is 471 g/mol. The van der Waals surface area contributed by atoms with E-state index in [0.717, 1.165) is 36.9 Å². The van der Waals surface area contributed by atoms with E-state index in [1.54, 1.807) is 53.4 Å². The Morgan fingerprint density at radius 2 is 1.83 bits per heavy atom. The molecule has 180 valence electrons. The number of aryl methyl sites for hydroxylation is 1. The summed E-state index contributed by atoms with van der Waals surface area (Å²) in [6, 6.07) is 9.91. The van der Waals surface area contributed by atoms with Crippen LogP contribution in [0, 0.1) is 6.92 Å². The average Bonchev–Trinajstić information content (AvgIpc) is 3.31. The number of rotatable bonds is 6. The highest BCUT2D eigenvalue weighted by Crippen LogP contribution is 2.27. The van der Waals surface area contributed by atoms with Crippen molar-refractivity contribution in [3.63, 3.8) is 0 Å². The van der Waals surface area contributed by atoms with Crippen LogP contribution in [-0.4, -0.2) is 49.6 Å². The highest BCUT2D eigenvalue weighted by atomic mass is 16.2. The maximum Gasteiger partial charge on any atom is 0.278 e. The quantitative estimate of drug-likeness (QED) is 0.390. The number of fused-ring (bicyclic) bond motifs is 1. The Labute approximate surface area is 203 Å². The van der Waals surface area contributed by atoms with Crippen molar-refractivity contribution in [2.24, 2.45) is 5.73 Å². The number of nitrogens with two attached hydrogens (primary N) is 1. The molecule has 0 atom stereocenters. The molecule has 1 aliphatic carbocycles. The van der Waals surface area contributed by atoms with Crippen molar-refractivity contribution in [3.05, 3.63) is 66.4 Å². The molecule has 4 aromatic rings. The lowest BCUT2D eigenvalue weighted by atomic mass is 9.92. The lowest BCUT2D eigenvalue weighted by Crippen LogP contribution is -2.33. The minimum absolute atomic E-state index is 0.226. The van der Waals surface area contributed by atoms with Gasteiger partial charge in [0.15, 0.2) is 11.3 Å². The second-order valence-electron chi connectivity index (χ2n) is 8.99. The molecular formula is C25H29N9O. The van der Waals surface area contributed by atoms with Crippen LogP contribution in [0.3, 0.4) is 0 Å². The maximum absolute atomic E-state index is 13.4. The largest absolute Gasteiger partial charge is 0.366 e. The van der Waals surface area contributed by atoms with E-state index in [2.05, 4.69) is 25.6 Å². The maximum atomic E-state index is 13.4. The molecule has 0 aliphatic heterocycles. The van der Waals surface area contributed by atoms with Crippen molar-refractivity contribution >= 4 is 34.6 Å². The molecule has 1 amide bonds. The standard InChI is InChI=1S/C25H29N9O/c1-16-3-8-22(28-14-16)31-20-13-23(30-18-6-4-17(26)5-7-18)32-34-21(15-29-24(20)34)25(35)33(2)19-9-11-27-12-10-19/h3,8-15,17-18H,4-7,26H2,1-2H3,(H,28,31)(H,30,32). The third-order valence-electron chi connectivity index (χ3n) is 6.34. The zero-order chi connectivity index (χ0) is 24.4. The second-order valence-corrected chi connectivity index (χ2v) is 8.99. The first kappa shape index (κ1) is 22.7. The van der Waals surface area contributed by atoms with E-state index in [4.69, 9.17) is 10.8 Å². The number of anilines is 4. The Morgan fingerprint density at radius 3 is 2.54 bits per heavy atom. The summed E-state index contributed by atoms with van der Waals surface area (Å²) < 4.78 is 1.59. The molecule has 0 bridgehead atoms. The summed E-state index contributed by atoms with van der Waals surface area (Å²) >= 11 is 0. The highest BCUT2D eigenvalue weighted by molar-refractivity contribution is 6.05. The Balaban J connectivity index is 1.52. The molecule has 4 N–H and O–H groups in total. The van der Waals surface area contributed by atoms with Crippen molar-refractivity contribution in [2.75, 3.05) is 22.6 Å². The molecule has 1 saturated carbocycles. The fourth-order valence-corrected chi connectivity index (χ4v) is 4.29.